The van der Waals surface area contributed by atoms with Gasteiger partial charge in [-0.3, -0.25) is 0 Å². The van der Waals surface area contributed by atoms with E-state index in [0.717, 1.165) is 50.1 Å². The number of anilines is 3. The molecule has 0 radical (unpaired) electrons. The molecule has 2 nitrogen and oxygen atoms in total. The molecule has 0 fully saturated rings. The molecule has 0 unspecified atom stereocenters. The summed E-state index contributed by atoms with van der Waals surface area (Å²) in [6, 6.07) is 99.1. The summed E-state index contributed by atoms with van der Waals surface area (Å²) in [5, 5.41) is 2.26. The van der Waals surface area contributed by atoms with Crippen LogP contribution >= 0.6 is 0 Å². The lowest BCUT2D eigenvalue weighted by Gasteiger charge is -2.34. The van der Waals surface area contributed by atoms with Gasteiger partial charge in [-0.25, -0.2) is 0 Å². The number of rotatable bonds is 9. The molecule has 0 bridgehead atoms. The molecular weight excluding hydrogens is 835 g/mol. The molecule has 13 rings (SSSR count). The molecule has 0 spiro atoms. The summed E-state index contributed by atoms with van der Waals surface area (Å²) in [4.78, 5) is 2.36. The van der Waals surface area contributed by atoms with Crippen LogP contribution in [0.5, 0.6) is 0 Å². The number of para-hydroxylation sites is 2. The summed E-state index contributed by atoms with van der Waals surface area (Å²) in [5.74, 6) is 0. The smallest absolute Gasteiger partial charge is 0.143 e. The molecule has 0 N–H and O–H groups in total. The van der Waals surface area contributed by atoms with Crippen LogP contribution in [0.25, 0.3) is 77.6 Å². The van der Waals surface area contributed by atoms with E-state index in [1.54, 1.807) is 0 Å². The number of benzene rings is 11. The van der Waals surface area contributed by atoms with Crippen molar-refractivity contribution >= 4 is 39.0 Å². The summed E-state index contributed by atoms with van der Waals surface area (Å²) in [7, 11) is 0. The van der Waals surface area contributed by atoms with Crippen LogP contribution in [-0.4, -0.2) is 0 Å². The van der Waals surface area contributed by atoms with Gasteiger partial charge >= 0.3 is 0 Å². The molecule has 69 heavy (non-hydrogen) atoms. The fourth-order valence-corrected chi connectivity index (χ4v) is 11.0. The van der Waals surface area contributed by atoms with Crippen molar-refractivity contribution in [3.05, 3.63) is 295 Å². The standard InChI is InChI=1S/C67H45NO/c1-4-17-46(18-5-1)50-19-14-20-51(45-50)47-33-39-54(40-34-47)68(56-43-37-49(38-44-56)58-28-15-29-60-59-25-11-13-32-64(59)69-66(58)60)55-41-35-48(36-42-55)57-27-16-31-63-65(57)61-26-10-12-30-62(61)67(63,52-21-6-2-7-22-52)53-23-8-3-9-24-53/h1-45H. The van der Waals surface area contributed by atoms with E-state index in [2.05, 4.69) is 266 Å². The van der Waals surface area contributed by atoms with Crippen LogP contribution in [0.15, 0.2) is 277 Å². The van der Waals surface area contributed by atoms with E-state index >= 15 is 0 Å². The van der Waals surface area contributed by atoms with Gasteiger partial charge in [-0.05, 0) is 121 Å². The van der Waals surface area contributed by atoms with E-state index in [4.69, 9.17) is 4.42 Å². The highest BCUT2D eigenvalue weighted by Gasteiger charge is 2.46. The lowest BCUT2D eigenvalue weighted by Crippen LogP contribution is -2.28. The van der Waals surface area contributed by atoms with Gasteiger partial charge in [0.15, 0.2) is 0 Å². The fourth-order valence-electron chi connectivity index (χ4n) is 11.0. The third-order valence-electron chi connectivity index (χ3n) is 14.2. The highest BCUT2D eigenvalue weighted by Crippen LogP contribution is 2.58. The van der Waals surface area contributed by atoms with Crippen molar-refractivity contribution in [1.82, 2.24) is 0 Å². The van der Waals surface area contributed by atoms with Gasteiger partial charge in [0.05, 0.1) is 5.41 Å². The van der Waals surface area contributed by atoms with E-state index in [1.165, 1.54) is 66.8 Å². The average molecular weight is 880 g/mol. The summed E-state index contributed by atoms with van der Waals surface area (Å²) in [6.45, 7) is 0. The van der Waals surface area contributed by atoms with Crippen LogP contribution in [0.3, 0.4) is 0 Å². The minimum absolute atomic E-state index is 0.460. The Labute approximate surface area is 402 Å². The maximum absolute atomic E-state index is 6.48. The average Bonchev–Trinajstić information content (AvgIpc) is 3.97. The van der Waals surface area contributed by atoms with Gasteiger partial charge in [-0.1, -0.05) is 224 Å². The van der Waals surface area contributed by atoms with Gasteiger partial charge in [0.25, 0.3) is 0 Å². The Morgan fingerprint density at radius 2 is 0.725 bits per heavy atom. The summed E-state index contributed by atoms with van der Waals surface area (Å²) >= 11 is 0. The molecule has 1 heterocycles. The lowest BCUT2D eigenvalue weighted by atomic mass is 9.67. The second kappa shape index (κ2) is 16.7. The minimum Gasteiger partial charge on any atom is -0.455 e. The maximum atomic E-state index is 6.48. The Hall–Kier alpha value is -8.98. The second-order valence-electron chi connectivity index (χ2n) is 18.0. The van der Waals surface area contributed by atoms with Crippen molar-refractivity contribution in [2.75, 3.05) is 4.90 Å². The Bertz CT molecular complexity index is 3760. The molecule has 0 saturated heterocycles. The van der Waals surface area contributed by atoms with Gasteiger partial charge in [0, 0.05) is 33.4 Å². The molecule has 0 saturated carbocycles. The lowest BCUT2D eigenvalue weighted by molar-refractivity contribution is 0.670. The molecule has 324 valence electrons. The van der Waals surface area contributed by atoms with E-state index in [1.807, 2.05) is 12.1 Å². The minimum atomic E-state index is -0.460. The van der Waals surface area contributed by atoms with E-state index < -0.39 is 5.41 Å². The Morgan fingerprint density at radius 1 is 0.290 bits per heavy atom. The van der Waals surface area contributed by atoms with E-state index in [9.17, 15) is 0 Å². The second-order valence-corrected chi connectivity index (χ2v) is 18.0. The monoisotopic (exact) mass is 879 g/mol. The summed E-state index contributed by atoms with van der Waals surface area (Å²) < 4.78 is 6.48. The molecule has 11 aromatic carbocycles. The zero-order valence-corrected chi connectivity index (χ0v) is 37.8. The Kier molecular flexibility index (Phi) is 9.77. The van der Waals surface area contributed by atoms with Crippen LogP contribution in [-0.2, 0) is 5.41 Å². The number of furan rings is 1. The van der Waals surface area contributed by atoms with Crippen LogP contribution in [0, 0.1) is 0 Å². The van der Waals surface area contributed by atoms with Crippen LogP contribution in [0.1, 0.15) is 22.3 Å². The normalized spacial score (nSPS) is 12.5. The summed E-state index contributed by atoms with van der Waals surface area (Å²) in [5.41, 5.74) is 21.6. The molecule has 0 amide bonds. The molecule has 1 aliphatic carbocycles. The first kappa shape index (κ1) is 40.3. The van der Waals surface area contributed by atoms with Crippen molar-refractivity contribution in [2.45, 2.75) is 5.41 Å². The van der Waals surface area contributed by atoms with Gasteiger partial charge in [0.2, 0.25) is 0 Å². The Morgan fingerprint density at radius 3 is 1.38 bits per heavy atom. The van der Waals surface area contributed by atoms with Crippen molar-refractivity contribution in [1.29, 1.82) is 0 Å². The highest BCUT2D eigenvalue weighted by atomic mass is 16.3. The maximum Gasteiger partial charge on any atom is 0.143 e. The zero-order valence-electron chi connectivity index (χ0n) is 37.8. The molecule has 0 atom stereocenters. The van der Waals surface area contributed by atoms with Crippen molar-refractivity contribution < 1.29 is 4.42 Å². The first-order valence-electron chi connectivity index (χ1n) is 23.7. The third kappa shape index (κ3) is 6.72. The van der Waals surface area contributed by atoms with Crippen LogP contribution in [0.4, 0.5) is 17.1 Å². The van der Waals surface area contributed by atoms with E-state index in [0.29, 0.717) is 0 Å². The predicted octanol–water partition coefficient (Wildman–Crippen LogP) is 18.1. The quantitative estimate of drug-likeness (QED) is 0.144. The largest absolute Gasteiger partial charge is 0.455 e. The summed E-state index contributed by atoms with van der Waals surface area (Å²) in [6.07, 6.45) is 0. The zero-order chi connectivity index (χ0) is 45.7. The molecular formula is C67H45NO. The van der Waals surface area contributed by atoms with Gasteiger partial charge in [0.1, 0.15) is 11.2 Å². The van der Waals surface area contributed by atoms with Crippen molar-refractivity contribution in [2.24, 2.45) is 0 Å². The fraction of sp³-hybridized carbons (Fsp3) is 0.0149. The van der Waals surface area contributed by atoms with Crippen molar-refractivity contribution in [3.63, 3.8) is 0 Å². The number of nitrogens with zero attached hydrogens (tertiary/aromatic N) is 1. The predicted molar refractivity (Wildman–Crippen MR) is 287 cm³/mol. The highest BCUT2D eigenvalue weighted by molar-refractivity contribution is 6.09. The first-order chi connectivity index (χ1) is 34.2. The molecule has 12 aromatic rings. The van der Waals surface area contributed by atoms with E-state index in [-0.39, 0.29) is 0 Å². The SMILES string of the molecule is c1ccc(-c2cccc(-c3ccc(N(c4ccc(-c5cccc6c5-c5ccccc5C6(c5ccccc5)c5ccccc5)cc4)c4ccc(-c5cccc6c5oc5ccccc56)cc4)cc3)c2)cc1. The third-order valence-corrected chi connectivity index (χ3v) is 14.2. The van der Waals surface area contributed by atoms with Gasteiger partial charge in [-0.15, -0.1) is 0 Å². The van der Waals surface area contributed by atoms with Gasteiger partial charge in [-0.2, -0.15) is 0 Å². The van der Waals surface area contributed by atoms with Gasteiger partial charge < -0.3 is 9.32 Å². The van der Waals surface area contributed by atoms with Crippen LogP contribution in [0.2, 0.25) is 0 Å². The molecule has 1 aromatic heterocycles. The van der Waals surface area contributed by atoms with Crippen LogP contribution < -0.4 is 4.90 Å². The first-order valence-corrected chi connectivity index (χ1v) is 23.7. The molecule has 2 heteroatoms. The number of hydrogen-bond acceptors (Lipinski definition) is 2. The molecule has 1 aliphatic rings. The van der Waals surface area contributed by atoms with Crippen molar-refractivity contribution in [3.8, 4) is 55.6 Å². The topological polar surface area (TPSA) is 16.4 Å². The Balaban J connectivity index is 0.917. The molecule has 0 aliphatic heterocycles. The number of hydrogen-bond donors (Lipinski definition) is 0. The number of fused-ring (bicyclic) bond motifs is 6.